The van der Waals surface area contributed by atoms with E-state index in [0.29, 0.717) is 18.6 Å². The average Bonchev–Trinajstić information content (AvgIpc) is 2.54. The molecular formula is C18H25BrN2O2. The molecule has 5 heteroatoms. The van der Waals surface area contributed by atoms with Crippen LogP contribution in [0.4, 0.5) is 5.69 Å². The van der Waals surface area contributed by atoms with Crippen LogP contribution in [0.25, 0.3) is 6.08 Å². The standard InChI is InChI=1S/C18H25BrN2O2/c1-4-14(18(22)23-5-2)12-15-13-16(19)6-7-17(15)21-10-8-20(3)9-11-21/h6-7,12-13H,4-5,8-11H2,1-3H3. The second-order valence-corrected chi connectivity index (χ2v) is 6.65. The normalized spacial score (nSPS) is 16.5. The summed E-state index contributed by atoms with van der Waals surface area (Å²) in [4.78, 5) is 16.8. The van der Waals surface area contributed by atoms with E-state index >= 15 is 0 Å². The van der Waals surface area contributed by atoms with E-state index in [4.69, 9.17) is 4.74 Å². The second-order valence-electron chi connectivity index (χ2n) is 5.74. The van der Waals surface area contributed by atoms with Crippen molar-refractivity contribution in [2.24, 2.45) is 0 Å². The molecule has 0 amide bonds. The lowest BCUT2D eigenvalue weighted by atomic mass is 10.1. The van der Waals surface area contributed by atoms with E-state index in [2.05, 4.69) is 51.0 Å². The molecule has 0 saturated carbocycles. The van der Waals surface area contributed by atoms with Crippen molar-refractivity contribution in [3.8, 4) is 0 Å². The molecule has 0 aliphatic carbocycles. The Morgan fingerprint density at radius 2 is 1.96 bits per heavy atom. The van der Waals surface area contributed by atoms with Gasteiger partial charge in [-0.1, -0.05) is 22.9 Å². The summed E-state index contributed by atoms with van der Waals surface area (Å²) in [6.07, 6.45) is 2.63. The molecule has 1 saturated heterocycles. The van der Waals surface area contributed by atoms with Gasteiger partial charge in [-0.05, 0) is 50.2 Å². The summed E-state index contributed by atoms with van der Waals surface area (Å²) in [6, 6.07) is 6.25. The number of rotatable bonds is 5. The van der Waals surface area contributed by atoms with Crippen molar-refractivity contribution in [1.29, 1.82) is 0 Å². The quantitative estimate of drug-likeness (QED) is 0.577. The number of likely N-dealkylation sites (N-methyl/N-ethyl adjacent to an activating group) is 1. The fourth-order valence-corrected chi connectivity index (χ4v) is 3.07. The molecule has 1 aliphatic heterocycles. The van der Waals surface area contributed by atoms with Gasteiger partial charge in [-0.2, -0.15) is 0 Å². The van der Waals surface area contributed by atoms with E-state index in [1.54, 1.807) is 0 Å². The van der Waals surface area contributed by atoms with Gasteiger partial charge in [0.15, 0.2) is 0 Å². The van der Waals surface area contributed by atoms with Gasteiger partial charge in [-0.3, -0.25) is 0 Å². The summed E-state index contributed by atoms with van der Waals surface area (Å²) in [5.74, 6) is -0.223. The third-order valence-corrected chi connectivity index (χ3v) is 4.58. The maximum atomic E-state index is 12.1. The van der Waals surface area contributed by atoms with Crippen LogP contribution in [0.15, 0.2) is 28.2 Å². The Morgan fingerprint density at radius 1 is 1.26 bits per heavy atom. The Bertz CT molecular complexity index is 578. The number of benzene rings is 1. The van der Waals surface area contributed by atoms with E-state index in [-0.39, 0.29) is 5.97 Å². The van der Waals surface area contributed by atoms with Crippen LogP contribution in [-0.2, 0) is 9.53 Å². The van der Waals surface area contributed by atoms with Gasteiger partial charge in [0.2, 0.25) is 0 Å². The van der Waals surface area contributed by atoms with E-state index in [1.807, 2.05) is 19.9 Å². The maximum Gasteiger partial charge on any atom is 0.333 e. The highest BCUT2D eigenvalue weighted by Gasteiger charge is 2.17. The number of carbonyl (C=O) groups excluding carboxylic acids is 1. The van der Waals surface area contributed by atoms with Gasteiger partial charge in [0, 0.05) is 41.9 Å². The molecule has 0 N–H and O–H groups in total. The van der Waals surface area contributed by atoms with Gasteiger partial charge in [0.05, 0.1) is 6.61 Å². The van der Waals surface area contributed by atoms with E-state index in [9.17, 15) is 4.79 Å². The smallest absolute Gasteiger partial charge is 0.333 e. The molecule has 1 aromatic carbocycles. The van der Waals surface area contributed by atoms with E-state index in [1.165, 1.54) is 5.69 Å². The van der Waals surface area contributed by atoms with Crippen LogP contribution in [0.2, 0.25) is 0 Å². The van der Waals surface area contributed by atoms with Gasteiger partial charge in [0.25, 0.3) is 0 Å². The lowest BCUT2D eigenvalue weighted by Gasteiger charge is -2.35. The summed E-state index contributed by atoms with van der Waals surface area (Å²) >= 11 is 3.54. The zero-order valence-electron chi connectivity index (χ0n) is 14.1. The monoisotopic (exact) mass is 380 g/mol. The van der Waals surface area contributed by atoms with E-state index < -0.39 is 0 Å². The summed E-state index contributed by atoms with van der Waals surface area (Å²) < 4.78 is 6.17. The number of ether oxygens (including phenoxy) is 1. The lowest BCUT2D eigenvalue weighted by molar-refractivity contribution is -0.138. The minimum atomic E-state index is -0.223. The Hall–Kier alpha value is -1.33. The molecule has 0 atom stereocenters. The summed E-state index contributed by atoms with van der Waals surface area (Å²) in [5, 5.41) is 0. The predicted molar refractivity (Wildman–Crippen MR) is 98.8 cm³/mol. The molecular weight excluding hydrogens is 356 g/mol. The molecule has 126 valence electrons. The molecule has 1 fully saturated rings. The molecule has 1 heterocycles. The number of halogens is 1. The molecule has 1 aliphatic rings. The molecule has 0 bridgehead atoms. The van der Waals surface area contributed by atoms with Crippen molar-refractivity contribution in [2.75, 3.05) is 44.7 Å². The van der Waals surface area contributed by atoms with Crippen LogP contribution >= 0.6 is 15.9 Å². The highest BCUT2D eigenvalue weighted by Crippen LogP contribution is 2.28. The minimum Gasteiger partial charge on any atom is -0.463 e. The number of esters is 1. The summed E-state index contributed by atoms with van der Waals surface area (Å²) in [7, 11) is 2.15. The minimum absolute atomic E-state index is 0.223. The first-order valence-electron chi connectivity index (χ1n) is 8.15. The molecule has 2 rings (SSSR count). The van der Waals surface area contributed by atoms with E-state index in [0.717, 1.165) is 36.2 Å². The van der Waals surface area contributed by atoms with Crippen LogP contribution in [0.5, 0.6) is 0 Å². The van der Waals surface area contributed by atoms with Crippen LogP contribution in [0, 0.1) is 0 Å². The third-order valence-electron chi connectivity index (χ3n) is 4.08. The number of carbonyl (C=O) groups is 1. The van der Waals surface area contributed by atoms with Gasteiger partial charge in [0.1, 0.15) is 0 Å². The van der Waals surface area contributed by atoms with Crippen molar-refractivity contribution in [1.82, 2.24) is 4.90 Å². The van der Waals surface area contributed by atoms with Crippen LogP contribution < -0.4 is 4.90 Å². The molecule has 23 heavy (non-hydrogen) atoms. The zero-order valence-corrected chi connectivity index (χ0v) is 15.7. The number of piperazine rings is 1. The SMILES string of the molecule is CCOC(=O)C(=Cc1cc(Br)ccc1N1CCN(C)CC1)CC. The average molecular weight is 381 g/mol. The van der Waals surface area contributed by atoms with Crippen molar-refractivity contribution in [3.05, 3.63) is 33.8 Å². The second kappa shape index (κ2) is 8.50. The third kappa shape index (κ3) is 4.82. The first-order chi connectivity index (χ1) is 11.0. The van der Waals surface area contributed by atoms with Crippen LogP contribution in [0.1, 0.15) is 25.8 Å². The van der Waals surface area contributed by atoms with Crippen molar-refractivity contribution < 1.29 is 9.53 Å². The number of hydrogen-bond donors (Lipinski definition) is 0. The Kier molecular flexibility index (Phi) is 6.66. The van der Waals surface area contributed by atoms with Gasteiger partial charge >= 0.3 is 5.97 Å². The first kappa shape index (κ1) is 18.0. The van der Waals surface area contributed by atoms with Gasteiger partial charge in [-0.25, -0.2) is 4.79 Å². The lowest BCUT2D eigenvalue weighted by Crippen LogP contribution is -2.44. The van der Waals surface area contributed by atoms with Crippen LogP contribution in [0.3, 0.4) is 0 Å². The Morgan fingerprint density at radius 3 is 2.57 bits per heavy atom. The Labute approximate surface area is 147 Å². The fraction of sp³-hybridized carbons (Fsp3) is 0.500. The van der Waals surface area contributed by atoms with Crippen molar-refractivity contribution in [2.45, 2.75) is 20.3 Å². The first-order valence-corrected chi connectivity index (χ1v) is 8.95. The van der Waals surface area contributed by atoms with Gasteiger partial charge < -0.3 is 14.5 Å². The molecule has 0 spiro atoms. The number of nitrogens with zero attached hydrogens (tertiary/aromatic N) is 2. The Balaban J connectivity index is 2.33. The largest absolute Gasteiger partial charge is 0.463 e. The highest BCUT2D eigenvalue weighted by molar-refractivity contribution is 9.10. The molecule has 0 aromatic heterocycles. The zero-order chi connectivity index (χ0) is 16.8. The molecule has 0 radical (unpaired) electrons. The van der Waals surface area contributed by atoms with Gasteiger partial charge in [-0.15, -0.1) is 0 Å². The summed E-state index contributed by atoms with van der Waals surface area (Å²) in [5.41, 5.74) is 2.95. The van der Waals surface area contributed by atoms with Crippen LogP contribution in [-0.4, -0.2) is 50.7 Å². The molecule has 1 aromatic rings. The fourth-order valence-electron chi connectivity index (χ4n) is 2.69. The topological polar surface area (TPSA) is 32.8 Å². The number of hydrogen-bond acceptors (Lipinski definition) is 4. The highest BCUT2D eigenvalue weighted by atomic mass is 79.9. The molecule has 0 unspecified atom stereocenters. The van der Waals surface area contributed by atoms with Crippen molar-refractivity contribution >= 4 is 33.7 Å². The molecule has 4 nitrogen and oxygen atoms in total. The maximum absolute atomic E-state index is 12.1. The van der Waals surface area contributed by atoms with Crippen molar-refractivity contribution in [3.63, 3.8) is 0 Å². The number of anilines is 1. The summed E-state index contributed by atoms with van der Waals surface area (Å²) in [6.45, 7) is 8.32. The predicted octanol–water partition coefficient (Wildman–Crippen LogP) is 3.56.